The number of fused-ring (bicyclic) bond motifs is 1. The lowest BCUT2D eigenvalue weighted by Gasteiger charge is -2.28. The topological polar surface area (TPSA) is 96.2 Å². The lowest BCUT2D eigenvalue weighted by atomic mass is 9.78. The van der Waals surface area contributed by atoms with Crippen LogP contribution in [0.5, 0.6) is 0 Å². The van der Waals surface area contributed by atoms with E-state index >= 15 is 0 Å². The van der Waals surface area contributed by atoms with E-state index < -0.39 is 5.91 Å². The Hall–Kier alpha value is -3.33. The van der Waals surface area contributed by atoms with Gasteiger partial charge in [0.2, 0.25) is 0 Å². The van der Waals surface area contributed by atoms with Gasteiger partial charge in [-0.15, -0.1) is 0 Å². The summed E-state index contributed by atoms with van der Waals surface area (Å²) in [4.78, 5) is 12.2. The predicted molar refractivity (Wildman–Crippen MR) is 116 cm³/mol. The number of carbonyl (C=O) groups excluding carboxylic acids is 1. The number of amides is 1. The molecule has 2 aliphatic carbocycles. The van der Waals surface area contributed by atoms with Crippen LogP contribution in [0.25, 0.3) is 16.6 Å². The van der Waals surface area contributed by atoms with Crippen LogP contribution in [0.2, 0.25) is 0 Å². The summed E-state index contributed by atoms with van der Waals surface area (Å²) in [6.07, 6.45) is 8.34. The van der Waals surface area contributed by atoms with E-state index in [4.69, 9.17) is 11.0 Å². The third kappa shape index (κ3) is 2.69. The van der Waals surface area contributed by atoms with Crippen molar-refractivity contribution >= 4 is 17.1 Å². The molecule has 0 unspecified atom stereocenters. The minimum Gasteiger partial charge on any atom is -0.379 e. The van der Waals surface area contributed by atoms with Gasteiger partial charge >= 0.3 is 0 Å². The van der Waals surface area contributed by atoms with Crippen molar-refractivity contribution in [2.24, 2.45) is 16.6 Å². The lowest BCUT2D eigenvalue weighted by molar-refractivity contribution is 0.100. The van der Waals surface area contributed by atoms with Gasteiger partial charge in [0.05, 0.1) is 34.6 Å². The van der Waals surface area contributed by atoms with Gasteiger partial charge in [0.15, 0.2) is 0 Å². The standard InChI is InChI=1S/C24H25N5O/c1-23(2)8-3-9-24(23)11-20(24)28-21-18(22(26)30)13-27-29-14-17(10-19(21)29)16-6-4-15(12-25)5-7-16/h4-7,10,13-14,20,28H,3,8-9,11H2,1-2H3,(H2,26,30)/t20-,24-/m0/s1. The fourth-order valence-corrected chi connectivity index (χ4v) is 5.42. The van der Waals surface area contributed by atoms with Crippen molar-refractivity contribution in [3.8, 4) is 17.2 Å². The molecular weight excluding hydrogens is 374 g/mol. The number of nitriles is 1. The highest BCUT2D eigenvalue weighted by molar-refractivity contribution is 6.02. The quantitative estimate of drug-likeness (QED) is 0.681. The zero-order valence-electron chi connectivity index (χ0n) is 17.3. The fourth-order valence-electron chi connectivity index (χ4n) is 5.42. The second-order valence-electron chi connectivity index (χ2n) is 9.34. The molecule has 1 amide bonds. The second kappa shape index (κ2) is 6.33. The summed E-state index contributed by atoms with van der Waals surface area (Å²) in [7, 11) is 0. The molecule has 6 heteroatoms. The number of benzene rings is 1. The van der Waals surface area contributed by atoms with Crippen LogP contribution in [0.4, 0.5) is 5.69 Å². The summed E-state index contributed by atoms with van der Waals surface area (Å²) < 4.78 is 1.79. The number of aromatic nitrogens is 2. The van der Waals surface area contributed by atoms with Crippen LogP contribution in [0.15, 0.2) is 42.7 Å². The molecule has 3 N–H and O–H groups in total. The minimum atomic E-state index is -0.478. The molecule has 0 aliphatic heterocycles. The maximum Gasteiger partial charge on any atom is 0.252 e. The van der Waals surface area contributed by atoms with Crippen LogP contribution in [-0.2, 0) is 0 Å². The number of hydrogen-bond donors (Lipinski definition) is 2. The first-order chi connectivity index (χ1) is 14.3. The highest BCUT2D eigenvalue weighted by Crippen LogP contribution is 2.68. The number of hydrogen-bond acceptors (Lipinski definition) is 4. The van der Waals surface area contributed by atoms with Gasteiger partial charge < -0.3 is 11.1 Å². The number of nitrogens with zero attached hydrogens (tertiary/aromatic N) is 3. The highest BCUT2D eigenvalue weighted by atomic mass is 16.1. The maximum atomic E-state index is 12.2. The molecule has 2 aromatic heterocycles. The van der Waals surface area contributed by atoms with Crippen molar-refractivity contribution in [3.05, 3.63) is 53.9 Å². The van der Waals surface area contributed by atoms with Crippen molar-refractivity contribution in [1.82, 2.24) is 9.61 Å². The Kier molecular flexibility index (Phi) is 3.94. The Morgan fingerprint density at radius 1 is 1.27 bits per heavy atom. The number of primary amides is 1. The lowest BCUT2D eigenvalue weighted by Crippen LogP contribution is -2.26. The van der Waals surface area contributed by atoms with E-state index in [1.807, 2.05) is 24.4 Å². The molecule has 0 saturated heterocycles. The van der Waals surface area contributed by atoms with Crippen LogP contribution < -0.4 is 11.1 Å². The Morgan fingerprint density at radius 3 is 2.67 bits per heavy atom. The molecule has 2 saturated carbocycles. The Bertz CT molecular complexity index is 1200. The molecule has 6 nitrogen and oxygen atoms in total. The normalized spacial score (nSPS) is 24.1. The van der Waals surface area contributed by atoms with Crippen LogP contribution in [0.3, 0.4) is 0 Å². The van der Waals surface area contributed by atoms with Crippen LogP contribution in [0, 0.1) is 22.2 Å². The average Bonchev–Trinajstić information content (AvgIpc) is 3.11. The summed E-state index contributed by atoms with van der Waals surface area (Å²) in [6.45, 7) is 4.72. The average molecular weight is 399 g/mol. The van der Waals surface area contributed by atoms with E-state index in [-0.39, 0.29) is 0 Å². The number of nitrogens with one attached hydrogen (secondary N) is 1. The van der Waals surface area contributed by atoms with Crippen LogP contribution >= 0.6 is 0 Å². The molecule has 2 heterocycles. The summed E-state index contributed by atoms with van der Waals surface area (Å²) in [5, 5.41) is 17.1. The summed E-state index contributed by atoms with van der Waals surface area (Å²) >= 11 is 0. The van der Waals surface area contributed by atoms with E-state index in [9.17, 15) is 4.79 Å². The Balaban J connectivity index is 1.56. The molecule has 0 radical (unpaired) electrons. The Morgan fingerprint density at radius 2 is 2.03 bits per heavy atom. The molecule has 2 fully saturated rings. The molecule has 1 aromatic carbocycles. The van der Waals surface area contributed by atoms with Crippen LogP contribution in [0.1, 0.15) is 55.5 Å². The SMILES string of the molecule is CC1(C)CCC[C@@]12C[C@@H]2Nc1c(C(N)=O)cnn2cc(-c3ccc(C#N)cc3)cc12. The maximum absolute atomic E-state index is 12.2. The van der Waals surface area contributed by atoms with Gasteiger partial charge in [-0.1, -0.05) is 32.4 Å². The van der Waals surface area contributed by atoms with Gasteiger partial charge in [-0.2, -0.15) is 10.4 Å². The van der Waals surface area contributed by atoms with E-state index in [0.717, 1.165) is 28.8 Å². The van der Waals surface area contributed by atoms with E-state index in [1.165, 1.54) is 19.3 Å². The highest BCUT2D eigenvalue weighted by Gasteiger charge is 2.64. The van der Waals surface area contributed by atoms with Crippen molar-refractivity contribution in [2.45, 2.75) is 45.6 Å². The van der Waals surface area contributed by atoms with Crippen molar-refractivity contribution < 1.29 is 4.79 Å². The number of nitrogens with two attached hydrogens (primary N) is 1. The molecule has 1 spiro atoms. The predicted octanol–water partition coefficient (Wildman–Crippen LogP) is 4.35. The van der Waals surface area contributed by atoms with Crippen molar-refractivity contribution in [2.75, 3.05) is 5.32 Å². The van der Waals surface area contributed by atoms with Crippen molar-refractivity contribution in [3.63, 3.8) is 0 Å². The van der Waals surface area contributed by atoms with Gasteiger partial charge in [-0.3, -0.25) is 4.79 Å². The first kappa shape index (κ1) is 18.7. The third-order valence-corrected chi connectivity index (χ3v) is 7.42. The van der Waals surface area contributed by atoms with Gasteiger partial charge in [0.1, 0.15) is 0 Å². The second-order valence-corrected chi connectivity index (χ2v) is 9.34. The van der Waals surface area contributed by atoms with E-state index in [0.29, 0.717) is 28.0 Å². The third-order valence-electron chi connectivity index (χ3n) is 7.42. The zero-order valence-corrected chi connectivity index (χ0v) is 17.3. The van der Waals surface area contributed by atoms with Gasteiger partial charge in [0, 0.05) is 17.8 Å². The molecule has 30 heavy (non-hydrogen) atoms. The smallest absolute Gasteiger partial charge is 0.252 e. The molecule has 0 bridgehead atoms. The first-order valence-corrected chi connectivity index (χ1v) is 10.4. The molecule has 152 valence electrons. The monoisotopic (exact) mass is 399 g/mol. The summed E-state index contributed by atoms with van der Waals surface area (Å²) in [6, 6.07) is 12.0. The zero-order chi connectivity index (χ0) is 21.1. The van der Waals surface area contributed by atoms with E-state index in [2.05, 4.69) is 30.3 Å². The minimum absolute atomic E-state index is 0.296. The van der Waals surface area contributed by atoms with E-state index in [1.54, 1.807) is 22.8 Å². The summed E-state index contributed by atoms with van der Waals surface area (Å²) in [5.41, 5.74) is 10.9. The molecule has 2 atom stereocenters. The Labute approximate surface area is 175 Å². The largest absolute Gasteiger partial charge is 0.379 e. The van der Waals surface area contributed by atoms with Crippen molar-refractivity contribution in [1.29, 1.82) is 5.26 Å². The molecule has 5 rings (SSSR count). The first-order valence-electron chi connectivity index (χ1n) is 10.4. The fraction of sp³-hybridized carbons (Fsp3) is 0.375. The van der Waals surface area contributed by atoms with Gasteiger partial charge in [-0.25, -0.2) is 4.52 Å². The number of anilines is 1. The molecular formula is C24H25N5O. The molecule has 2 aliphatic rings. The molecule has 3 aromatic rings. The van der Waals surface area contributed by atoms with Gasteiger partial charge in [-0.05, 0) is 53.9 Å². The summed E-state index contributed by atoms with van der Waals surface area (Å²) in [5.74, 6) is -0.478. The van der Waals surface area contributed by atoms with Crippen LogP contribution in [-0.4, -0.2) is 21.6 Å². The number of carbonyl (C=O) groups is 1. The number of rotatable bonds is 4. The van der Waals surface area contributed by atoms with Gasteiger partial charge in [0.25, 0.3) is 5.91 Å².